The number of carbonyl (C=O) groups is 1. The number of methoxy groups -OCH3 is 1. The summed E-state index contributed by atoms with van der Waals surface area (Å²) in [6.45, 7) is 2.97. The highest BCUT2D eigenvalue weighted by Crippen LogP contribution is 2.29. The van der Waals surface area contributed by atoms with Gasteiger partial charge in [-0.05, 0) is 37.1 Å². The quantitative estimate of drug-likeness (QED) is 0.693. The van der Waals surface area contributed by atoms with Gasteiger partial charge in [-0.1, -0.05) is 6.07 Å². The Morgan fingerprint density at radius 2 is 2.21 bits per heavy atom. The van der Waals surface area contributed by atoms with Gasteiger partial charge in [0, 0.05) is 31.5 Å². The molecule has 2 amide bonds. The van der Waals surface area contributed by atoms with Crippen molar-refractivity contribution in [3.63, 3.8) is 0 Å². The molecule has 1 aromatic carbocycles. The Kier molecular flexibility index (Phi) is 5.35. The third kappa shape index (κ3) is 4.02. The van der Waals surface area contributed by atoms with Crippen LogP contribution in [0.25, 0.3) is 11.0 Å². The van der Waals surface area contributed by atoms with Crippen LogP contribution in [0.2, 0.25) is 0 Å². The Hall–Kier alpha value is -3.13. The van der Waals surface area contributed by atoms with Gasteiger partial charge in [0.1, 0.15) is 11.9 Å². The van der Waals surface area contributed by atoms with E-state index in [1.807, 2.05) is 36.7 Å². The minimum atomic E-state index is -0.241. The van der Waals surface area contributed by atoms with Crippen LogP contribution in [0.1, 0.15) is 29.5 Å². The molecule has 2 N–H and O–H groups in total. The highest BCUT2D eigenvalue weighted by molar-refractivity contribution is 5.77. The topological polar surface area (TPSA) is 90.3 Å². The monoisotopic (exact) mass is 395 g/mol. The van der Waals surface area contributed by atoms with E-state index in [2.05, 4.69) is 26.7 Å². The van der Waals surface area contributed by atoms with Gasteiger partial charge in [-0.15, -0.1) is 0 Å². The molecule has 2 atom stereocenters. The van der Waals surface area contributed by atoms with E-state index in [4.69, 9.17) is 9.47 Å². The SMILES string of the molecule is COc1ccc([C@H]2OCC[C@@H]2NC(=O)NCc2nc3cc(C)ccc3n2C)cn1. The van der Waals surface area contributed by atoms with Gasteiger partial charge < -0.3 is 24.7 Å². The Morgan fingerprint density at radius 1 is 1.34 bits per heavy atom. The number of hydrogen-bond acceptors (Lipinski definition) is 5. The second-order valence-electron chi connectivity index (χ2n) is 7.23. The fourth-order valence-electron chi connectivity index (χ4n) is 3.64. The van der Waals surface area contributed by atoms with Crippen LogP contribution in [0.4, 0.5) is 4.79 Å². The van der Waals surface area contributed by atoms with Crippen LogP contribution >= 0.6 is 0 Å². The first kappa shape index (κ1) is 19.2. The van der Waals surface area contributed by atoms with Crippen molar-refractivity contribution in [1.29, 1.82) is 0 Å². The third-order valence-electron chi connectivity index (χ3n) is 5.24. The largest absolute Gasteiger partial charge is 0.481 e. The molecule has 1 aliphatic rings. The van der Waals surface area contributed by atoms with Crippen molar-refractivity contribution in [2.75, 3.05) is 13.7 Å². The normalized spacial score (nSPS) is 18.7. The molecule has 1 saturated heterocycles. The smallest absolute Gasteiger partial charge is 0.315 e. The molecule has 8 heteroatoms. The highest BCUT2D eigenvalue weighted by Gasteiger charge is 2.31. The van der Waals surface area contributed by atoms with Gasteiger partial charge in [0.05, 0.1) is 30.7 Å². The van der Waals surface area contributed by atoms with Crippen LogP contribution in [0.15, 0.2) is 36.5 Å². The minimum Gasteiger partial charge on any atom is -0.481 e. The lowest BCUT2D eigenvalue weighted by Crippen LogP contribution is -2.43. The van der Waals surface area contributed by atoms with Crippen LogP contribution < -0.4 is 15.4 Å². The number of pyridine rings is 1. The number of imidazole rings is 1. The molecule has 0 bridgehead atoms. The van der Waals surface area contributed by atoms with Crippen molar-refractivity contribution < 1.29 is 14.3 Å². The summed E-state index contributed by atoms with van der Waals surface area (Å²) in [6, 6.07) is 9.50. The molecule has 4 rings (SSSR count). The van der Waals surface area contributed by atoms with Crippen LogP contribution in [-0.4, -0.2) is 40.3 Å². The molecule has 2 aromatic heterocycles. The standard InChI is InChI=1S/C21H25N5O3/c1-13-4-6-17-16(10-13)24-18(26(17)2)12-23-21(27)25-15-8-9-29-20(15)14-5-7-19(28-3)22-11-14/h4-7,10-11,15,20H,8-9,12H2,1-3H3,(H2,23,25,27)/t15-,20+/m0/s1. The first-order chi connectivity index (χ1) is 14.0. The molecule has 0 saturated carbocycles. The Bertz CT molecular complexity index is 1020. The zero-order valence-electron chi connectivity index (χ0n) is 16.8. The lowest BCUT2D eigenvalue weighted by Gasteiger charge is -2.20. The van der Waals surface area contributed by atoms with E-state index >= 15 is 0 Å². The second kappa shape index (κ2) is 8.08. The minimum absolute atomic E-state index is 0.117. The molecule has 0 unspecified atom stereocenters. The van der Waals surface area contributed by atoms with E-state index in [-0.39, 0.29) is 18.2 Å². The van der Waals surface area contributed by atoms with Crippen molar-refractivity contribution in [1.82, 2.24) is 25.2 Å². The number of rotatable bonds is 5. The molecule has 1 aliphatic heterocycles. The number of ether oxygens (including phenoxy) is 2. The van der Waals surface area contributed by atoms with Gasteiger partial charge in [-0.3, -0.25) is 0 Å². The number of benzene rings is 1. The molecule has 152 valence electrons. The maximum absolute atomic E-state index is 12.5. The van der Waals surface area contributed by atoms with Crippen molar-refractivity contribution in [3.8, 4) is 5.88 Å². The Morgan fingerprint density at radius 3 is 2.97 bits per heavy atom. The maximum Gasteiger partial charge on any atom is 0.315 e. The van der Waals surface area contributed by atoms with Gasteiger partial charge in [-0.25, -0.2) is 14.8 Å². The predicted octanol–water partition coefficient (Wildman–Crippen LogP) is 2.61. The average Bonchev–Trinajstić information content (AvgIpc) is 3.30. The molecular formula is C21H25N5O3. The second-order valence-corrected chi connectivity index (χ2v) is 7.23. The Labute approximate surface area is 169 Å². The van der Waals surface area contributed by atoms with E-state index < -0.39 is 0 Å². The summed E-state index contributed by atoms with van der Waals surface area (Å²) in [5.41, 5.74) is 4.05. The maximum atomic E-state index is 12.5. The summed E-state index contributed by atoms with van der Waals surface area (Å²) in [5, 5.41) is 5.93. The van der Waals surface area contributed by atoms with Gasteiger partial charge in [0.2, 0.25) is 5.88 Å². The first-order valence-electron chi connectivity index (χ1n) is 9.63. The molecule has 29 heavy (non-hydrogen) atoms. The molecule has 1 fully saturated rings. The molecular weight excluding hydrogens is 370 g/mol. The number of hydrogen-bond donors (Lipinski definition) is 2. The number of carbonyl (C=O) groups excluding carboxylic acids is 1. The number of aryl methyl sites for hydroxylation is 2. The summed E-state index contributed by atoms with van der Waals surface area (Å²) in [7, 11) is 3.53. The number of nitrogens with one attached hydrogen (secondary N) is 2. The van der Waals surface area contributed by atoms with Crippen molar-refractivity contribution >= 4 is 17.1 Å². The summed E-state index contributed by atoms with van der Waals surface area (Å²) in [5.74, 6) is 1.35. The van der Waals surface area contributed by atoms with E-state index in [0.29, 0.717) is 19.0 Å². The summed E-state index contributed by atoms with van der Waals surface area (Å²) < 4.78 is 12.9. The molecule has 0 radical (unpaired) electrons. The molecule has 8 nitrogen and oxygen atoms in total. The summed E-state index contributed by atoms with van der Waals surface area (Å²) in [6.07, 6.45) is 2.25. The van der Waals surface area contributed by atoms with E-state index in [1.165, 1.54) is 0 Å². The van der Waals surface area contributed by atoms with Crippen LogP contribution in [-0.2, 0) is 18.3 Å². The zero-order chi connectivity index (χ0) is 20.4. The molecule has 3 aromatic rings. The van der Waals surface area contributed by atoms with Gasteiger partial charge in [0.25, 0.3) is 0 Å². The van der Waals surface area contributed by atoms with Crippen molar-refractivity contribution in [2.24, 2.45) is 7.05 Å². The first-order valence-corrected chi connectivity index (χ1v) is 9.63. The molecule has 0 aliphatic carbocycles. The zero-order valence-corrected chi connectivity index (χ0v) is 16.8. The van der Waals surface area contributed by atoms with Gasteiger partial charge in [0.15, 0.2) is 0 Å². The molecule has 0 spiro atoms. The van der Waals surface area contributed by atoms with E-state index in [0.717, 1.165) is 34.4 Å². The number of urea groups is 1. The lowest BCUT2D eigenvalue weighted by atomic mass is 10.0. The van der Waals surface area contributed by atoms with Crippen molar-refractivity contribution in [2.45, 2.75) is 32.0 Å². The van der Waals surface area contributed by atoms with Crippen molar-refractivity contribution in [3.05, 3.63) is 53.5 Å². The third-order valence-corrected chi connectivity index (χ3v) is 5.24. The number of aromatic nitrogens is 3. The fraction of sp³-hybridized carbons (Fsp3) is 0.381. The van der Waals surface area contributed by atoms with E-state index in [1.54, 1.807) is 19.4 Å². The fourth-order valence-corrected chi connectivity index (χ4v) is 3.64. The number of amides is 2. The van der Waals surface area contributed by atoms with E-state index in [9.17, 15) is 4.79 Å². The van der Waals surface area contributed by atoms with Gasteiger partial charge in [-0.2, -0.15) is 0 Å². The number of fused-ring (bicyclic) bond motifs is 1. The van der Waals surface area contributed by atoms with Gasteiger partial charge >= 0.3 is 6.03 Å². The predicted molar refractivity (Wildman–Crippen MR) is 109 cm³/mol. The van der Waals surface area contributed by atoms with Crippen LogP contribution in [0, 0.1) is 6.92 Å². The summed E-state index contributed by atoms with van der Waals surface area (Å²) in [4.78, 5) is 21.3. The summed E-state index contributed by atoms with van der Waals surface area (Å²) >= 11 is 0. The number of nitrogens with zero attached hydrogens (tertiary/aromatic N) is 3. The molecule has 3 heterocycles. The highest BCUT2D eigenvalue weighted by atomic mass is 16.5. The van der Waals surface area contributed by atoms with Crippen LogP contribution in [0.3, 0.4) is 0 Å². The average molecular weight is 395 g/mol. The Balaban J connectivity index is 1.38. The lowest BCUT2D eigenvalue weighted by molar-refractivity contribution is 0.0995. The van der Waals surface area contributed by atoms with Crippen LogP contribution in [0.5, 0.6) is 5.88 Å².